The van der Waals surface area contributed by atoms with Gasteiger partial charge in [0.15, 0.2) is 9.84 Å². The lowest BCUT2D eigenvalue weighted by Gasteiger charge is -2.36. The summed E-state index contributed by atoms with van der Waals surface area (Å²) < 4.78 is 27.5. The third-order valence-electron chi connectivity index (χ3n) is 6.76. The number of unbranched alkanes of at least 4 members (excludes halogenated alkanes) is 1. The van der Waals surface area contributed by atoms with E-state index in [1.165, 1.54) is 5.56 Å². The Kier molecular flexibility index (Phi) is 8.52. The molecule has 3 aromatic carbocycles. The molecular weight excluding hydrogens is 536 g/mol. The predicted octanol–water partition coefficient (Wildman–Crippen LogP) is 6.04. The van der Waals surface area contributed by atoms with Crippen LogP contribution >= 0.6 is 15.9 Å². The molecule has 0 spiro atoms. The zero-order valence-corrected chi connectivity index (χ0v) is 23.3. The van der Waals surface area contributed by atoms with Crippen molar-refractivity contribution in [3.63, 3.8) is 0 Å². The van der Waals surface area contributed by atoms with Crippen LogP contribution in [0.2, 0.25) is 0 Å². The number of benzene rings is 3. The Bertz CT molecular complexity index is 1310. The third-order valence-corrected chi connectivity index (χ3v) is 9.11. The number of para-hydroxylation sites is 1. The quantitative estimate of drug-likeness (QED) is 0.332. The molecule has 0 aromatic heterocycles. The van der Waals surface area contributed by atoms with E-state index in [0.29, 0.717) is 18.7 Å². The van der Waals surface area contributed by atoms with Crippen molar-refractivity contribution in [1.29, 1.82) is 0 Å². The van der Waals surface area contributed by atoms with E-state index in [1.54, 1.807) is 18.2 Å². The number of carbonyl (C=O) groups excluding carboxylic acids is 1. The van der Waals surface area contributed by atoms with Crippen molar-refractivity contribution < 1.29 is 13.2 Å². The minimum absolute atomic E-state index is 0.0810. The molecule has 1 saturated heterocycles. The SMILES string of the molecule is CCCCc1ccc(CS(=O)(=O)c2ccc(C)c(C(=O)N3CCN(c4ccccc4Br)CC3)c2)cc1. The van der Waals surface area contributed by atoms with E-state index in [-0.39, 0.29) is 16.6 Å². The first kappa shape index (κ1) is 26.4. The lowest BCUT2D eigenvalue weighted by molar-refractivity contribution is 0.0745. The number of hydrogen-bond acceptors (Lipinski definition) is 4. The molecule has 0 saturated carbocycles. The molecule has 4 rings (SSSR count). The molecule has 5 nitrogen and oxygen atoms in total. The summed E-state index contributed by atoms with van der Waals surface area (Å²) >= 11 is 3.61. The van der Waals surface area contributed by atoms with Crippen molar-refractivity contribution >= 4 is 37.4 Å². The van der Waals surface area contributed by atoms with Gasteiger partial charge in [-0.2, -0.15) is 0 Å². The Hall–Kier alpha value is -2.64. The maximum absolute atomic E-state index is 13.4. The fraction of sp³-hybridized carbons (Fsp3) is 0.345. The van der Waals surface area contributed by atoms with Crippen LogP contribution in [0, 0.1) is 6.92 Å². The van der Waals surface area contributed by atoms with Crippen molar-refractivity contribution in [3.05, 3.63) is 93.5 Å². The predicted molar refractivity (Wildman–Crippen MR) is 149 cm³/mol. The smallest absolute Gasteiger partial charge is 0.254 e. The van der Waals surface area contributed by atoms with E-state index in [1.807, 2.05) is 54.3 Å². The van der Waals surface area contributed by atoms with Gasteiger partial charge in [0, 0.05) is 36.2 Å². The number of sulfone groups is 1. The molecule has 0 bridgehead atoms. The Balaban J connectivity index is 1.46. The fourth-order valence-electron chi connectivity index (χ4n) is 4.54. The molecule has 190 valence electrons. The van der Waals surface area contributed by atoms with Crippen LogP contribution in [0.3, 0.4) is 0 Å². The van der Waals surface area contributed by atoms with Crippen LogP contribution in [0.1, 0.15) is 46.8 Å². The number of anilines is 1. The van der Waals surface area contributed by atoms with Crippen LogP contribution in [0.5, 0.6) is 0 Å². The molecule has 1 aliphatic rings. The normalized spacial score (nSPS) is 14.2. The van der Waals surface area contributed by atoms with Gasteiger partial charge in [0.2, 0.25) is 0 Å². The Labute approximate surface area is 223 Å². The highest BCUT2D eigenvalue weighted by Crippen LogP contribution is 2.27. The Morgan fingerprint density at radius 2 is 1.58 bits per heavy atom. The summed E-state index contributed by atoms with van der Waals surface area (Å²) in [5, 5.41) is 0. The first-order valence-electron chi connectivity index (χ1n) is 12.5. The maximum atomic E-state index is 13.4. The topological polar surface area (TPSA) is 57.7 Å². The number of rotatable bonds is 8. The standard InChI is InChI=1S/C29H33BrN2O3S/c1-3-4-7-23-11-13-24(14-12-23)21-36(34,35)25-15-10-22(2)26(20-25)29(33)32-18-16-31(17-19-32)28-9-6-5-8-27(28)30/h5-6,8-15,20H,3-4,7,16-19,21H2,1-2H3. The van der Waals surface area contributed by atoms with Gasteiger partial charge in [-0.3, -0.25) is 4.79 Å². The summed E-state index contributed by atoms with van der Waals surface area (Å²) in [5.41, 5.74) is 4.34. The molecule has 1 heterocycles. The van der Waals surface area contributed by atoms with Crippen molar-refractivity contribution in [3.8, 4) is 0 Å². The number of hydrogen-bond donors (Lipinski definition) is 0. The molecule has 0 radical (unpaired) electrons. The van der Waals surface area contributed by atoms with Crippen LogP contribution in [0.4, 0.5) is 5.69 Å². The third kappa shape index (κ3) is 6.19. The van der Waals surface area contributed by atoms with Gasteiger partial charge in [-0.15, -0.1) is 0 Å². The fourth-order valence-corrected chi connectivity index (χ4v) is 6.45. The van der Waals surface area contributed by atoms with Crippen molar-refractivity contribution in [1.82, 2.24) is 4.90 Å². The van der Waals surface area contributed by atoms with Crippen LogP contribution < -0.4 is 4.90 Å². The van der Waals surface area contributed by atoms with Gasteiger partial charge in [-0.05, 0) is 76.7 Å². The van der Waals surface area contributed by atoms with Gasteiger partial charge >= 0.3 is 0 Å². The van der Waals surface area contributed by atoms with E-state index in [4.69, 9.17) is 0 Å². The number of amides is 1. The second kappa shape index (κ2) is 11.6. The zero-order chi connectivity index (χ0) is 25.7. The molecule has 1 fully saturated rings. The summed E-state index contributed by atoms with van der Waals surface area (Å²) in [6, 6.07) is 20.8. The van der Waals surface area contributed by atoms with Crippen LogP contribution in [0.25, 0.3) is 0 Å². The minimum Gasteiger partial charge on any atom is -0.367 e. The molecule has 36 heavy (non-hydrogen) atoms. The van der Waals surface area contributed by atoms with E-state index < -0.39 is 9.84 Å². The summed E-state index contributed by atoms with van der Waals surface area (Å²) in [6.07, 6.45) is 3.26. The van der Waals surface area contributed by atoms with E-state index in [9.17, 15) is 13.2 Å². The number of carbonyl (C=O) groups is 1. The summed E-state index contributed by atoms with van der Waals surface area (Å²) in [7, 11) is -3.58. The van der Waals surface area contributed by atoms with Crippen LogP contribution in [0.15, 0.2) is 76.1 Å². The number of piperazine rings is 1. The van der Waals surface area contributed by atoms with Crippen molar-refractivity contribution in [2.75, 3.05) is 31.1 Å². The number of halogens is 1. The maximum Gasteiger partial charge on any atom is 0.254 e. The first-order valence-corrected chi connectivity index (χ1v) is 14.9. The largest absolute Gasteiger partial charge is 0.367 e. The average Bonchev–Trinajstić information content (AvgIpc) is 2.88. The zero-order valence-electron chi connectivity index (χ0n) is 20.9. The van der Waals surface area contributed by atoms with Gasteiger partial charge in [-0.1, -0.05) is 55.8 Å². The minimum atomic E-state index is -3.58. The summed E-state index contributed by atoms with van der Waals surface area (Å²) in [5.74, 6) is -0.195. The van der Waals surface area contributed by atoms with E-state index in [2.05, 4.69) is 33.8 Å². The van der Waals surface area contributed by atoms with E-state index >= 15 is 0 Å². The molecule has 1 aliphatic heterocycles. The van der Waals surface area contributed by atoms with Crippen molar-refractivity contribution in [2.24, 2.45) is 0 Å². The van der Waals surface area contributed by atoms with Gasteiger partial charge in [0.25, 0.3) is 5.91 Å². The lowest BCUT2D eigenvalue weighted by Crippen LogP contribution is -2.49. The van der Waals surface area contributed by atoms with Gasteiger partial charge in [0.05, 0.1) is 16.3 Å². The van der Waals surface area contributed by atoms with Crippen molar-refractivity contribution in [2.45, 2.75) is 43.8 Å². The van der Waals surface area contributed by atoms with Gasteiger partial charge in [0.1, 0.15) is 0 Å². The molecule has 1 amide bonds. The van der Waals surface area contributed by atoms with E-state index in [0.717, 1.165) is 53.6 Å². The molecule has 0 unspecified atom stereocenters. The summed E-state index contributed by atoms with van der Waals surface area (Å²) in [4.78, 5) is 17.7. The molecule has 7 heteroatoms. The lowest BCUT2D eigenvalue weighted by atomic mass is 10.1. The molecule has 0 aliphatic carbocycles. The second-order valence-corrected chi connectivity index (χ2v) is 12.2. The first-order chi connectivity index (χ1) is 17.3. The highest BCUT2D eigenvalue weighted by molar-refractivity contribution is 9.10. The van der Waals surface area contributed by atoms with Crippen LogP contribution in [-0.2, 0) is 22.0 Å². The number of aryl methyl sites for hydroxylation is 2. The highest BCUT2D eigenvalue weighted by Gasteiger charge is 2.26. The molecular formula is C29H33BrN2O3S. The average molecular weight is 570 g/mol. The van der Waals surface area contributed by atoms with Gasteiger partial charge < -0.3 is 9.80 Å². The number of nitrogens with zero attached hydrogens (tertiary/aromatic N) is 2. The van der Waals surface area contributed by atoms with Gasteiger partial charge in [-0.25, -0.2) is 8.42 Å². The Morgan fingerprint density at radius 1 is 0.917 bits per heavy atom. The Morgan fingerprint density at radius 3 is 2.25 bits per heavy atom. The monoisotopic (exact) mass is 568 g/mol. The second-order valence-electron chi connectivity index (χ2n) is 9.39. The molecule has 0 atom stereocenters. The van der Waals surface area contributed by atoms with Crippen LogP contribution in [-0.4, -0.2) is 45.4 Å². The summed E-state index contributed by atoms with van der Waals surface area (Å²) in [6.45, 7) is 6.63. The molecule has 3 aromatic rings. The molecule has 0 N–H and O–H groups in total. The highest BCUT2D eigenvalue weighted by atomic mass is 79.9.